The number of thioether (sulfide) groups is 1. The number of nitrogens with two attached hydrogens (primary N) is 1. The number of aromatic nitrogens is 4. The second-order valence-corrected chi connectivity index (χ2v) is 5.66. The second kappa shape index (κ2) is 6.15. The van der Waals surface area contributed by atoms with Crippen LogP contribution in [0.5, 0.6) is 5.75 Å². The van der Waals surface area contributed by atoms with Crippen molar-refractivity contribution in [3.63, 3.8) is 0 Å². The van der Waals surface area contributed by atoms with Gasteiger partial charge in [0.1, 0.15) is 22.9 Å². The lowest BCUT2D eigenvalue weighted by Gasteiger charge is -2.13. The van der Waals surface area contributed by atoms with Crippen molar-refractivity contribution >= 4 is 28.7 Å². The average Bonchev–Trinajstić information content (AvgIpc) is 2.94. The Morgan fingerprint density at radius 3 is 2.79 bits per heavy atom. The number of nitrogens with one attached hydrogen (secondary N) is 1. The number of ether oxygens (including phenoxy) is 1. The number of hydrogen-bond acceptors (Lipinski definition) is 6. The molecule has 0 aliphatic heterocycles. The lowest BCUT2D eigenvalue weighted by atomic mass is 10.2. The first kappa shape index (κ1) is 16.3. The smallest absolute Gasteiger partial charge is 0.405 e. The van der Waals surface area contributed by atoms with E-state index in [1.165, 1.54) is 6.07 Å². The average molecular weight is 359 g/mol. The minimum absolute atomic E-state index is 0.00852. The summed E-state index contributed by atoms with van der Waals surface area (Å²) in [5.41, 5.74) is 6.47. The fraction of sp³-hybridized carbons (Fsp3) is 0.154. The summed E-state index contributed by atoms with van der Waals surface area (Å²) in [6, 6.07) is 4.33. The predicted octanol–water partition coefficient (Wildman–Crippen LogP) is 3.27. The zero-order chi connectivity index (χ0) is 17.3. The molecule has 2 heterocycles. The molecule has 24 heavy (non-hydrogen) atoms. The van der Waals surface area contributed by atoms with Gasteiger partial charge in [0.05, 0.1) is 0 Å². The maximum absolute atomic E-state index is 13.4. The SMILES string of the molecule is Nc1cc(SCc2cc(F)ccc2OC(F)(F)F)c2nn[nH]c2n1. The van der Waals surface area contributed by atoms with E-state index in [1.807, 2.05) is 0 Å². The Kier molecular flexibility index (Phi) is 4.18. The first-order valence-electron chi connectivity index (χ1n) is 6.46. The van der Waals surface area contributed by atoms with Crippen LogP contribution in [-0.4, -0.2) is 26.8 Å². The molecule has 0 saturated carbocycles. The van der Waals surface area contributed by atoms with Gasteiger partial charge in [-0.2, -0.15) is 0 Å². The second-order valence-electron chi connectivity index (χ2n) is 4.64. The molecule has 0 aliphatic carbocycles. The van der Waals surface area contributed by atoms with Crippen molar-refractivity contribution in [3.05, 3.63) is 35.6 Å². The Bertz CT molecular complexity index is 882. The molecule has 126 valence electrons. The van der Waals surface area contributed by atoms with Crippen molar-refractivity contribution in [1.29, 1.82) is 0 Å². The van der Waals surface area contributed by atoms with Gasteiger partial charge in [-0.15, -0.1) is 30.0 Å². The molecular formula is C13H9F4N5OS. The summed E-state index contributed by atoms with van der Waals surface area (Å²) in [4.78, 5) is 4.53. The summed E-state index contributed by atoms with van der Waals surface area (Å²) in [7, 11) is 0. The highest BCUT2D eigenvalue weighted by Gasteiger charge is 2.32. The van der Waals surface area contributed by atoms with Gasteiger partial charge >= 0.3 is 6.36 Å². The highest BCUT2D eigenvalue weighted by molar-refractivity contribution is 7.98. The molecular weight excluding hydrogens is 350 g/mol. The minimum Gasteiger partial charge on any atom is -0.405 e. The van der Waals surface area contributed by atoms with Gasteiger partial charge in [0.15, 0.2) is 5.65 Å². The van der Waals surface area contributed by atoms with Crippen LogP contribution >= 0.6 is 11.8 Å². The van der Waals surface area contributed by atoms with E-state index in [2.05, 4.69) is 25.1 Å². The molecule has 1 aromatic carbocycles. The largest absolute Gasteiger partial charge is 0.573 e. The summed E-state index contributed by atoms with van der Waals surface area (Å²) < 4.78 is 54.6. The topological polar surface area (TPSA) is 89.7 Å². The maximum Gasteiger partial charge on any atom is 0.573 e. The van der Waals surface area contributed by atoms with Gasteiger partial charge in [0.2, 0.25) is 0 Å². The van der Waals surface area contributed by atoms with Crippen LogP contribution in [0, 0.1) is 5.82 Å². The van der Waals surface area contributed by atoms with E-state index in [4.69, 9.17) is 5.73 Å². The maximum atomic E-state index is 13.4. The van der Waals surface area contributed by atoms with Crippen molar-refractivity contribution in [2.45, 2.75) is 17.0 Å². The van der Waals surface area contributed by atoms with Crippen LogP contribution in [0.4, 0.5) is 23.4 Å². The zero-order valence-corrected chi connectivity index (χ0v) is 12.6. The molecule has 0 amide bonds. The van der Waals surface area contributed by atoms with Crippen molar-refractivity contribution < 1.29 is 22.3 Å². The van der Waals surface area contributed by atoms with Crippen molar-refractivity contribution in [2.24, 2.45) is 0 Å². The summed E-state index contributed by atoms with van der Waals surface area (Å²) in [6.07, 6.45) is -4.86. The van der Waals surface area contributed by atoms with E-state index in [9.17, 15) is 17.6 Å². The fourth-order valence-electron chi connectivity index (χ4n) is 1.98. The molecule has 6 nitrogen and oxygen atoms in total. The number of nitrogen functional groups attached to an aromatic ring is 1. The molecule has 0 atom stereocenters. The third-order valence-electron chi connectivity index (χ3n) is 2.91. The summed E-state index contributed by atoms with van der Waals surface area (Å²) in [6.45, 7) is 0. The summed E-state index contributed by atoms with van der Waals surface area (Å²) in [5.74, 6) is -0.924. The molecule has 3 aromatic rings. The van der Waals surface area contributed by atoms with Gasteiger partial charge in [-0.3, -0.25) is 0 Å². The molecule has 11 heteroatoms. The van der Waals surface area contributed by atoms with Crippen LogP contribution in [0.3, 0.4) is 0 Å². The van der Waals surface area contributed by atoms with E-state index in [1.54, 1.807) is 0 Å². The van der Waals surface area contributed by atoms with Gasteiger partial charge in [0, 0.05) is 16.2 Å². The monoisotopic (exact) mass is 359 g/mol. The number of aromatic amines is 1. The normalized spacial score (nSPS) is 11.8. The Morgan fingerprint density at radius 1 is 1.25 bits per heavy atom. The molecule has 0 fully saturated rings. The van der Waals surface area contributed by atoms with E-state index >= 15 is 0 Å². The van der Waals surface area contributed by atoms with E-state index in [0.29, 0.717) is 16.1 Å². The number of nitrogens with zero attached hydrogens (tertiary/aromatic N) is 3. The summed E-state index contributed by atoms with van der Waals surface area (Å²) >= 11 is 1.11. The van der Waals surface area contributed by atoms with Crippen molar-refractivity contribution in [2.75, 3.05) is 5.73 Å². The Balaban J connectivity index is 1.88. The molecule has 3 N–H and O–H groups in total. The van der Waals surface area contributed by atoms with Crippen molar-refractivity contribution in [3.8, 4) is 5.75 Å². The van der Waals surface area contributed by atoms with Crippen LogP contribution < -0.4 is 10.5 Å². The van der Waals surface area contributed by atoms with Gasteiger partial charge in [-0.25, -0.2) is 14.5 Å². The molecule has 2 aromatic heterocycles. The first-order chi connectivity index (χ1) is 11.3. The van der Waals surface area contributed by atoms with Crippen LogP contribution in [0.15, 0.2) is 29.2 Å². The number of benzene rings is 1. The molecule has 0 saturated heterocycles. The van der Waals surface area contributed by atoms with Crippen LogP contribution in [0.1, 0.15) is 5.56 Å². The van der Waals surface area contributed by atoms with E-state index in [0.717, 1.165) is 30.0 Å². The number of hydrogen-bond donors (Lipinski definition) is 2. The number of H-pyrrole nitrogens is 1. The standard InChI is InChI=1S/C13H9F4N5OS/c14-7-1-2-8(23-13(15,16)17)6(3-7)5-24-9-4-10(18)19-12-11(9)20-22-21-12/h1-4H,5H2,(H3,18,19,20,21,22). The summed E-state index contributed by atoms with van der Waals surface area (Å²) in [5, 5.41) is 9.99. The van der Waals surface area contributed by atoms with Crippen molar-refractivity contribution in [1.82, 2.24) is 20.4 Å². The van der Waals surface area contributed by atoms with Gasteiger partial charge < -0.3 is 10.5 Å². The lowest BCUT2D eigenvalue weighted by Crippen LogP contribution is -2.18. The van der Waals surface area contributed by atoms with Crippen LogP contribution in [-0.2, 0) is 5.75 Å². The Hall–Kier alpha value is -2.56. The van der Waals surface area contributed by atoms with Crippen LogP contribution in [0.25, 0.3) is 11.2 Å². The fourth-order valence-corrected chi connectivity index (χ4v) is 3.00. The van der Waals surface area contributed by atoms with Crippen LogP contribution in [0.2, 0.25) is 0 Å². The third-order valence-corrected chi connectivity index (χ3v) is 3.99. The van der Waals surface area contributed by atoms with E-state index < -0.39 is 17.9 Å². The lowest BCUT2D eigenvalue weighted by molar-refractivity contribution is -0.274. The number of halogens is 4. The molecule has 3 rings (SSSR count). The highest BCUT2D eigenvalue weighted by atomic mass is 32.2. The first-order valence-corrected chi connectivity index (χ1v) is 7.44. The highest BCUT2D eigenvalue weighted by Crippen LogP contribution is 2.34. The number of anilines is 1. The quantitative estimate of drug-likeness (QED) is 0.549. The molecule has 0 spiro atoms. The zero-order valence-electron chi connectivity index (χ0n) is 11.8. The Labute approximate surface area is 136 Å². The van der Waals surface area contributed by atoms with E-state index in [-0.39, 0.29) is 17.1 Å². The third kappa shape index (κ3) is 3.67. The molecule has 0 bridgehead atoms. The number of alkyl halides is 3. The minimum atomic E-state index is -4.86. The predicted molar refractivity (Wildman–Crippen MR) is 78.7 cm³/mol. The number of rotatable bonds is 4. The van der Waals surface area contributed by atoms with Gasteiger partial charge in [0.25, 0.3) is 0 Å². The molecule has 0 aliphatic rings. The van der Waals surface area contributed by atoms with Gasteiger partial charge in [-0.05, 0) is 24.3 Å². The van der Waals surface area contributed by atoms with Gasteiger partial charge in [-0.1, -0.05) is 5.21 Å². The number of pyridine rings is 1. The Morgan fingerprint density at radius 2 is 2.04 bits per heavy atom. The molecule has 0 unspecified atom stereocenters. The molecule has 0 radical (unpaired) electrons. The number of fused-ring (bicyclic) bond motifs is 1.